The standard InChI is InChI=1S/C15H26N4O/c1-15(2,3)19-10-7-16-13(14(19)20)17-11-12-5-8-18(4)9-6-12/h7,10,12H,5-6,8-9,11H2,1-4H3,(H,16,17). The first-order chi connectivity index (χ1) is 9.38. The van der Waals surface area contributed by atoms with Gasteiger partial charge in [-0.25, -0.2) is 4.98 Å². The molecule has 1 N–H and O–H groups in total. The molecule has 20 heavy (non-hydrogen) atoms. The number of rotatable bonds is 3. The van der Waals surface area contributed by atoms with Crippen molar-refractivity contribution in [3.63, 3.8) is 0 Å². The zero-order chi connectivity index (χ0) is 14.8. The van der Waals surface area contributed by atoms with Crippen LogP contribution in [0.2, 0.25) is 0 Å². The highest BCUT2D eigenvalue weighted by Gasteiger charge is 2.19. The van der Waals surface area contributed by atoms with Gasteiger partial charge < -0.3 is 14.8 Å². The lowest BCUT2D eigenvalue weighted by molar-refractivity contribution is 0.226. The molecule has 2 rings (SSSR count). The molecule has 0 radical (unpaired) electrons. The first kappa shape index (κ1) is 15.0. The number of aromatic nitrogens is 2. The van der Waals surface area contributed by atoms with Crippen LogP contribution in [0.1, 0.15) is 33.6 Å². The third-order valence-electron chi connectivity index (χ3n) is 3.96. The Bertz CT molecular complexity index is 495. The largest absolute Gasteiger partial charge is 0.365 e. The van der Waals surface area contributed by atoms with E-state index in [1.54, 1.807) is 17.0 Å². The Hall–Kier alpha value is -1.36. The molecule has 0 spiro atoms. The maximum atomic E-state index is 12.4. The van der Waals surface area contributed by atoms with Crippen molar-refractivity contribution in [1.29, 1.82) is 0 Å². The molecule has 1 aliphatic rings. The molecule has 0 unspecified atom stereocenters. The highest BCUT2D eigenvalue weighted by atomic mass is 16.1. The first-order valence-electron chi connectivity index (χ1n) is 7.38. The lowest BCUT2D eigenvalue weighted by Gasteiger charge is -2.29. The minimum Gasteiger partial charge on any atom is -0.365 e. The molecule has 2 heterocycles. The molecule has 1 aromatic heterocycles. The summed E-state index contributed by atoms with van der Waals surface area (Å²) in [7, 11) is 2.16. The second-order valence-corrected chi connectivity index (χ2v) is 6.75. The van der Waals surface area contributed by atoms with Gasteiger partial charge in [-0.2, -0.15) is 0 Å². The fourth-order valence-electron chi connectivity index (χ4n) is 2.57. The topological polar surface area (TPSA) is 50.2 Å². The van der Waals surface area contributed by atoms with Crippen LogP contribution in [0.3, 0.4) is 0 Å². The van der Waals surface area contributed by atoms with Gasteiger partial charge in [-0.3, -0.25) is 4.79 Å². The number of hydrogen-bond acceptors (Lipinski definition) is 4. The zero-order valence-corrected chi connectivity index (χ0v) is 13.0. The van der Waals surface area contributed by atoms with E-state index in [1.807, 2.05) is 20.8 Å². The van der Waals surface area contributed by atoms with Crippen LogP contribution in [0.15, 0.2) is 17.2 Å². The van der Waals surface area contributed by atoms with Gasteiger partial charge in [-0.1, -0.05) is 0 Å². The van der Waals surface area contributed by atoms with Crippen molar-refractivity contribution in [3.05, 3.63) is 22.7 Å². The third kappa shape index (κ3) is 3.60. The zero-order valence-electron chi connectivity index (χ0n) is 13.0. The highest BCUT2D eigenvalue weighted by Crippen LogP contribution is 2.16. The van der Waals surface area contributed by atoms with E-state index in [-0.39, 0.29) is 11.1 Å². The molecule has 0 atom stereocenters. The molecule has 5 heteroatoms. The van der Waals surface area contributed by atoms with Crippen LogP contribution >= 0.6 is 0 Å². The molecule has 1 fully saturated rings. The van der Waals surface area contributed by atoms with Crippen LogP contribution in [-0.4, -0.2) is 41.1 Å². The highest BCUT2D eigenvalue weighted by molar-refractivity contribution is 5.31. The molecular weight excluding hydrogens is 252 g/mol. The average molecular weight is 278 g/mol. The van der Waals surface area contributed by atoms with E-state index in [9.17, 15) is 4.79 Å². The third-order valence-corrected chi connectivity index (χ3v) is 3.96. The van der Waals surface area contributed by atoms with Crippen LogP contribution in [0.4, 0.5) is 5.82 Å². The van der Waals surface area contributed by atoms with Crippen molar-refractivity contribution in [2.45, 2.75) is 39.2 Å². The summed E-state index contributed by atoms with van der Waals surface area (Å²) in [6.07, 6.45) is 5.82. The van der Waals surface area contributed by atoms with Crippen molar-refractivity contribution >= 4 is 5.82 Å². The lowest BCUT2D eigenvalue weighted by atomic mass is 9.97. The fraction of sp³-hybridized carbons (Fsp3) is 0.733. The van der Waals surface area contributed by atoms with Crippen molar-refractivity contribution in [1.82, 2.24) is 14.5 Å². The summed E-state index contributed by atoms with van der Waals surface area (Å²) in [5.41, 5.74) is -0.253. The van der Waals surface area contributed by atoms with Crippen LogP contribution in [0.25, 0.3) is 0 Å². The van der Waals surface area contributed by atoms with Gasteiger partial charge in [0, 0.05) is 24.5 Å². The van der Waals surface area contributed by atoms with E-state index in [0.29, 0.717) is 11.7 Å². The Morgan fingerprint density at radius 3 is 2.60 bits per heavy atom. The number of piperidine rings is 1. The molecule has 112 valence electrons. The second-order valence-electron chi connectivity index (χ2n) is 6.75. The second kappa shape index (κ2) is 5.95. The van der Waals surface area contributed by atoms with Gasteiger partial charge in [0.2, 0.25) is 0 Å². The number of nitrogens with one attached hydrogen (secondary N) is 1. The number of likely N-dealkylation sites (tertiary alicyclic amines) is 1. The van der Waals surface area contributed by atoms with Crippen molar-refractivity contribution in [2.75, 3.05) is 32.0 Å². The fourth-order valence-corrected chi connectivity index (χ4v) is 2.57. The number of anilines is 1. The molecule has 1 aromatic rings. The quantitative estimate of drug-likeness (QED) is 0.915. The maximum absolute atomic E-state index is 12.4. The molecule has 0 aromatic carbocycles. The van der Waals surface area contributed by atoms with Crippen molar-refractivity contribution in [2.24, 2.45) is 5.92 Å². The smallest absolute Gasteiger partial charge is 0.293 e. The summed E-state index contributed by atoms with van der Waals surface area (Å²) < 4.78 is 1.73. The monoisotopic (exact) mass is 278 g/mol. The maximum Gasteiger partial charge on any atom is 0.293 e. The summed E-state index contributed by atoms with van der Waals surface area (Å²) in [5, 5.41) is 3.25. The molecule has 0 amide bonds. The van der Waals surface area contributed by atoms with Gasteiger partial charge in [-0.05, 0) is 59.7 Å². The van der Waals surface area contributed by atoms with Crippen LogP contribution in [0.5, 0.6) is 0 Å². The minimum atomic E-state index is -0.218. The lowest BCUT2D eigenvalue weighted by Crippen LogP contribution is -2.37. The van der Waals surface area contributed by atoms with Gasteiger partial charge in [0.15, 0.2) is 5.82 Å². The van der Waals surface area contributed by atoms with Gasteiger partial charge >= 0.3 is 0 Å². The Morgan fingerprint density at radius 2 is 2.00 bits per heavy atom. The van der Waals surface area contributed by atoms with E-state index in [1.165, 1.54) is 12.8 Å². The Morgan fingerprint density at radius 1 is 1.35 bits per heavy atom. The molecule has 0 aliphatic carbocycles. The average Bonchev–Trinajstić information content (AvgIpc) is 2.38. The predicted molar refractivity (Wildman–Crippen MR) is 82.2 cm³/mol. The van der Waals surface area contributed by atoms with Gasteiger partial charge in [-0.15, -0.1) is 0 Å². The molecule has 1 aliphatic heterocycles. The van der Waals surface area contributed by atoms with Gasteiger partial charge in [0.1, 0.15) is 0 Å². The molecule has 5 nitrogen and oxygen atoms in total. The number of hydrogen-bond donors (Lipinski definition) is 1. The minimum absolute atomic E-state index is 0.0343. The summed E-state index contributed by atoms with van der Waals surface area (Å²) >= 11 is 0. The van der Waals surface area contributed by atoms with E-state index >= 15 is 0 Å². The summed E-state index contributed by atoms with van der Waals surface area (Å²) in [6.45, 7) is 9.19. The van der Waals surface area contributed by atoms with E-state index < -0.39 is 0 Å². The predicted octanol–water partition coefficient (Wildman–Crippen LogP) is 1.75. The molecule has 1 saturated heterocycles. The van der Waals surface area contributed by atoms with E-state index in [2.05, 4.69) is 22.2 Å². The Balaban J connectivity index is 2.02. The SMILES string of the molecule is CN1CCC(CNc2nccn(C(C)(C)C)c2=O)CC1. The van der Waals surface area contributed by atoms with Crippen LogP contribution < -0.4 is 10.9 Å². The molecular formula is C15H26N4O. The summed E-state index contributed by atoms with van der Waals surface area (Å²) in [5.74, 6) is 1.11. The van der Waals surface area contributed by atoms with Crippen molar-refractivity contribution in [3.8, 4) is 0 Å². The van der Waals surface area contributed by atoms with E-state index in [4.69, 9.17) is 0 Å². The van der Waals surface area contributed by atoms with Crippen LogP contribution in [-0.2, 0) is 5.54 Å². The number of nitrogens with zero attached hydrogens (tertiary/aromatic N) is 3. The summed E-state index contributed by atoms with van der Waals surface area (Å²) in [4.78, 5) is 18.9. The summed E-state index contributed by atoms with van der Waals surface area (Å²) in [6, 6.07) is 0. The Kier molecular flexibility index (Phi) is 4.48. The van der Waals surface area contributed by atoms with Crippen molar-refractivity contribution < 1.29 is 0 Å². The van der Waals surface area contributed by atoms with Gasteiger partial charge in [0.25, 0.3) is 5.56 Å². The Labute approximate surface area is 121 Å². The van der Waals surface area contributed by atoms with E-state index in [0.717, 1.165) is 19.6 Å². The molecule has 0 saturated carbocycles. The molecule has 0 bridgehead atoms. The first-order valence-corrected chi connectivity index (χ1v) is 7.38. The van der Waals surface area contributed by atoms with Gasteiger partial charge in [0.05, 0.1) is 0 Å². The normalized spacial score (nSPS) is 18.2. The van der Waals surface area contributed by atoms with Crippen LogP contribution in [0, 0.1) is 5.92 Å².